The van der Waals surface area contributed by atoms with Crippen LogP contribution in [0.1, 0.15) is 65.2 Å². The average Bonchev–Trinajstić information content (AvgIpc) is 3.01. The number of hydrogen-bond donors (Lipinski definition) is 0. The van der Waals surface area contributed by atoms with Gasteiger partial charge in [0.2, 0.25) is 0 Å². The highest BCUT2D eigenvalue weighted by atomic mass is 35.5. The minimum Gasteiger partial charge on any atom is -0.357 e. The van der Waals surface area contributed by atoms with Gasteiger partial charge >= 0.3 is 0 Å². The molecule has 2 heterocycles. The highest BCUT2D eigenvalue weighted by molar-refractivity contribution is 6.32. The SMILES string of the molecule is CCc1ccc(Cl)c2c1C(=O)c1cnn(C3CCCCO3)c1C2. The van der Waals surface area contributed by atoms with Crippen LogP contribution in [0.2, 0.25) is 5.02 Å². The van der Waals surface area contributed by atoms with Gasteiger partial charge in [-0.15, -0.1) is 0 Å². The Labute approximate surface area is 140 Å². The molecule has 23 heavy (non-hydrogen) atoms. The first-order chi connectivity index (χ1) is 11.2. The summed E-state index contributed by atoms with van der Waals surface area (Å²) in [7, 11) is 0. The molecule has 1 fully saturated rings. The van der Waals surface area contributed by atoms with Gasteiger partial charge < -0.3 is 4.74 Å². The number of carbonyl (C=O) groups is 1. The summed E-state index contributed by atoms with van der Waals surface area (Å²) in [6.07, 6.45) is 6.26. The number of aryl methyl sites for hydroxylation is 1. The van der Waals surface area contributed by atoms with Crippen molar-refractivity contribution in [2.75, 3.05) is 6.61 Å². The summed E-state index contributed by atoms with van der Waals surface area (Å²) in [5.74, 6) is 0.0441. The fourth-order valence-corrected chi connectivity index (χ4v) is 3.87. The lowest BCUT2D eigenvalue weighted by Gasteiger charge is -2.27. The van der Waals surface area contributed by atoms with E-state index in [4.69, 9.17) is 16.3 Å². The fraction of sp³-hybridized carbons (Fsp3) is 0.444. The minimum atomic E-state index is -0.0602. The molecule has 5 heteroatoms. The lowest BCUT2D eigenvalue weighted by atomic mass is 9.85. The number of aromatic nitrogens is 2. The zero-order valence-corrected chi connectivity index (χ0v) is 13.9. The minimum absolute atomic E-state index is 0.0441. The van der Waals surface area contributed by atoms with Crippen molar-refractivity contribution in [3.05, 3.63) is 51.3 Å². The van der Waals surface area contributed by atoms with Gasteiger partial charge in [-0.3, -0.25) is 4.79 Å². The van der Waals surface area contributed by atoms with E-state index in [1.54, 1.807) is 6.20 Å². The van der Waals surface area contributed by atoms with Gasteiger partial charge in [-0.25, -0.2) is 4.68 Å². The van der Waals surface area contributed by atoms with E-state index in [1.807, 2.05) is 16.8 Å². The Hall–Kier alpha value is -1.65. The van der Waals surface area contributed by atoms with Crippen molar-refractivity contribution in [1.82, 2.24) is 9.78 Å². The predicted molar refractivity (Wildman–Crippen MR) is 88.1 cm³/mol. The van der Waals surface area contributed by atoms with Crippen molar-refractivity contribution >= 4 is 17.4 Å². The number of ketones is 1. The summed E-state index contributed by atoms with van der Waals surface area (Å²) in [5.41, 5.74) is 4.40. The first kappa shape index (κ1) is 14.9. The van der Waals surface area contributed by atoms with Crippen LogP contribution in [-0.4, -0.2) is 22.2 Å². The summed E-state index contributed by atoms with van der Waals surface area (Å²) in [5, 5.41) is 5.13. The molecular weight excluding hydrogens is 312 g/mol. The molecule has 0 radical (unpaired) electrons. The van der Waals surface area contributed by atoms with Gasteiger partial charge in [0.15, 0.2) is 5.78 Å². The quantitative estimate of drug-likeness (QED) is 0.715. The number of fused-ring (bicyclic) bond motifs is 2. The lowest BCUT2D eigenvalue weighted by Crippen LogP contribution is -2.24. The topological polar surface area (TPSA) is 44.1 Å². The second kappa shape index (κ2) is 5.77. The van der Waals surface area contributed by atoms with Crippen LogP contribution in [0.15, 0.2) is 18.3 Å². The smallest absolute Gasteiger partial charge is 0.197 e. The molecule has 1 saturated heterocycles. The van der Waals surface area contributed by atoms with Crippen LogP contribution in [0.3, 0.4) is 0 Å². The van der Waals surface area contributed by atoms with E-state index in [-0.39, 0.29) is 12.0 Å². The molecule has 1 aliphatic carbocycles. The second-order valence-electron chi connectivity index (χ2n) is 6.19. The molecule has 2 aromatic rings. The lowest BCUT2D eigenvalue weighted by molar-refractivity contribution is -0.0409. The van der Waals surface area contributed by atoms with Gasteiger partial charge in [-0.2, -0.15) is 5.10 Å². The van der Waals surface area contributed by atoms with E-state index < -0.39 is 0 Å². The van der Waals surface area contributed by atoms with Crippen molar-refractivity contribution in [2.45, 2.75) is 45.3 Å². The predicted octanol–water partition coefficient (Wildman–Crippen LogP) is 3.93. The van der Waals surface area contributed by atoms with Crippen molar-refractivity contribution in [1.29, 1.82) is 0 Å². The monoisotopic (exact) mass is 330 g/mol. The second-order valence-corrected chi connectivity index (χ2v) is 6.60. The Morgan fingerprint density at radius 2 is 2.26 bits per heavy atom. The molecule has 0 spiro atoms. The summed E-state index contributed by atoms with van der Waals surface area (Å²) < 4.78 is 7.74. The van der Waals surface area contributed by atoms with E-state index in [0.717, 1.165) is 54.7 Å². The largest absolute Gasteiger partial charge is 0.357 e. The Kier molecular flexibility index (Phi) is 3.74. The third-order valence-electron chi connectivity index (χ3n) is 4.87. The Bertz CT molecular complexity index is 776. The van der Waals surface area contributed by atoms with Gasteiger partial charge in [0.05, 0.1) is 17.5 Å². The van der Waals surface area contributed by atoms with Crippen LogP contribution < -0.4 is 0 Å². The Morgan fingerprint density at radius 3 is 3.00 bits per heavy atom. The number of hydrogen-bond acceptors (Lipinski definition) is 3. The van der Waals surface area contributed by atoms with Crippen LogP contribution in [0.5, 0.6) is 0 Å². The van der Waals surface area contributed by atoms with E-state index in [1.165, 1.54) is 0 Å². The van der Waals surface area contributed by atoms with Crippen molar-refractivity contribution in [3.8, 4) is 0 Å². The molecule has 0 N–H and O–H groups in total. The summed E-state index contributed by atoms with van der Waals surface area (Å²) in [4.78, 5) is 13.0. The highest BCUT2D eigenvalue weighted by Crippen LogP contribution is 2.36. The van der Waals surface area contributed by atoms with Gasteiger partial charge in [0.1, 0.15) is 6.23 Å². The molecule has 0 bridgehead atoms. The van der Waals surface area contributed by atoms with Crippen LogP contribution >= 0.6 is 11.6 Å². The van der Waals surface area contributed by atoms with Crippen LogP contribution in [0.25, 0.3) is 0 Å². The zero-order chi connectivity index (χ0) is 16.0. The molecule has 1 aliphatic heterocycles. The molecule has 1 unspecified atom stereocenters. The molecule has 120 valence electrons. The summed E-state index contributed by atoms with van der Waals surface area (Å²) >= 11 is 6.39. The zero-order valence-electron chi connectivity index (χ0n) is 13.1. The maximum atomic E-state index is 13.0. The normalized spacial score (nSPS) is 20.3. The number of ether oxygens (including phenoxy) is 1. The first-order valence-corrected chi connectivity index (χ1v) is 8.61. The van der Waals surface area contributed by atoms with Crippen molar-refractivity contribution in [3.63, 3.8) is 0 Å². The van der Waals surface area contributed by atoms with Crippen molar-refractivity contribution in [2.24, 2.45) is 0 Å². The maximum absolute atomic E-state index is 13.0. The van der Waals surface area contributed by atoms with Gasteiger partial charge in [0.25, 0.3) is 0 Å². The standard InChI is InChI=1S/C18H19ClN2O2/c1-2-11-6-7-14(19)12-9-15-13(18(22)17(11)12)10-20-21(15)16-5-3-4-8-23-16/h6-7,10,16H,2-5,8-9H2,1H3. The molecule has 1 atom stereocenters. The number of rotatable bonds is 2. The van der Waals surface area contributed by atoms with Crippen LogP contribution in [-0.2, 0) is 17.6 Å². The van der Waals surface area contributed by atoms with Crippen molar-refractivity contribution < 1.29 is 9.53 Å². The maximum Gasteiger partial charge on any atom is 0.197 e. The highest BCUT2D eigenvalue weighted by Gasteiger charge is 2.32. The molecule has 2 aliphatic rings. The Balaban J connectivity index is 1.81. The van der Waals surface area contributed by atoms with Gasteiger partial charge in [0, 0.05) is 23.6 Å². The molecule has 1 aromatic carbocycles. The van der Waals surface area contributed by atoms with Gasteiger partial charge in [-0.05, 0) is 42.9 Å². The number of benzene rings is 1. The van der Waals surface area contributed by atoms with E-state index in [2.05, 4.69) is 12.0 Å². The number of nitrogens with zero attached hydrogens (tertiary/aromatic N) is 2. The molecule has 0 saturated carbocycles. The fourth-order valence-electron chi connectivity index (χ4n) is 3.64. The molecule has 0 amide bonds. The number of carbonyl (C=O) groups excluding carboxylic acids is 1. The molecular formula is C18H19ClN2O2. The van der Waals surface area contributed by atoms with E-state index >= 15 is 0 Å². The van der Waals surface area contributed by atoms with E-state index in [0.29, 0.717) is 17.0 Å². The third kappa shape index (κ3) is 2.32. The summed E-state index contributed by atoms with van der Waals surface area (Å²) in [6, 6.07) is 3.86. The molecule has 4 rings (SSSR count). The Morgan fingerprint density at radius 1 is 1.39 bits per heavy atom. The van der Waals surface area contributed by atoms with Crippen LogP contribution in [0.4, 0.5) is 0 Å². The number of halogens is 1. The third-order valence-corrected chi connectivity index (χ3v) is 5.22. The van der Waals surface area contributed by atoms with Crippen LogP contribution in [0, 0.1) is 0 Å². The molecule has 1 aromatic heterocycles. The first-order valence-electron chi connectivity index (χ1n) is 8.23. The van der Waals surface area contributed by atoms with E-state index in [9.17, 15) is 4.79 Å². The molecule has 4 nitrogen and oxygen atoms in total. The van der Waals surface area contributed by atoms with Gasteiger partial charge in [-0.1, -0.05) is 24.6 Å². The average molecular weight is 331 g/mol. The summed E-state index contributed by atoms with van der Waals surface area (Å²) in [6.45, 7) is 2.82.